The van der Waals surface area contributed by atoms with Gasteiger partial charge in [0.25, 0.3) is 11.8 Å². The van der Waals surface area contributed by atoms with E-state index in [9.17, 15) is 9.59 Å². The molecule has 1 N–H and O–H groups in total. The van der Waals surface area contributed by atoms with Crippen LogP contribution in [0.2, 0.25) is 10.0 Å². The standard InChI is InChI=1S/C27H23Cl2N3O4/c28-19-5-10-24(22(29)16-19)35-17-26(33)30-20-6-8-21(9-7-20)31-11-13-32(14-12-31)27(34)25-15-18-3-1-2-4-23(18)36-25/h1-10,15-16H,11-14,17H2,(H,30,33). The second-order valence-corrected chi connectivity index (χ2v) is 9.23. The quantitative estimate of drug-likeness (QED) is 0.349. The van der Waals surface area contributed by atoms with E-state index in [0.29, 0.717) is 59.0 Å². The molecule has 36 heavy (non-hydrogen) atoms. The Kier molecular flexibility index (Phi) is 7.02. The van der Waals surface area contributed by atoms with Crippen LogP contribution in [0.15, 0.2) is 77.2 Å². The molecule has 0 saturated carbocycles. The molecule has 0 unspecified atom stereocenters. The van der Waals surface area contributed by atoms with Gasteiger partial charge < -0.3 is 24.3 Å². The van der Waals surface area contributed by atoms with Crippen LogP contribution in [-0.2, 0) is 4.79 Å². The lowest BCUT2D eigenvalue weighted by Crippen LogP contribution is -2.48. The number of fused-ring (bicyclic) bond motifs is 1. The zero-order chi connectivity index (χ0) is 25.1. The summed E-state index contributed by atoms with van der Waals surface area (Å²) in [4.78, 5) is 29.2. The highest BCUT2D eigenvalue weighted by molar-refractivity contribution is 6.35. The number of rotatable bonds is 6. The molecule has 2 heterocycles. The second-order valence-electron chi connectivity index (χ2n) is 8.39. The first-order chi connectivity index (χ1) is 17.5. The summed E-state index contributed by atoms with van der Waals surface area (Å²) in [5, 5.41) is 4.58. The molecule has 0 bridgehead atoms. The lowest BCUT2D eigenvalue weighted by molar-refractivity contribution is -0.118. The maximum atomic E-state index is 12.9. The fraction of sp³-hybridized carbons (Fsp3) is 0.185. The van der Waals surface area contributed by atoms with Crippen LogP contribution in [0, 0.1) is 0 Å². The topological polar surface area (TPSA) is 75.0 Å². The molecular formula is C27H23Cl2N3O4. The number of halogens is 2. The zero-order valence-electron chi connectivity index (χ0n) is 19.2. The molecule has 5 rings (SSSR count). The van der Waals surface area contributed by atoms with E-state index < -0.39 is 0 Å². The summed E-state index contributed by atoms with van der Waals surface area (Å²) in [6.07, 6.45) is 0. The van der Waals surface area contributed by atoms with Gasteiger partial charge in [-0.05, 0) is 54.6 Å². The van der Waals surface area contributed by atoms with Crippen LogP contribution in [0.3, 0.4) is 0 Å². The van der Waals surface area contributed by atoms with Gasteiger partial charge in [0.05, 0.1) is 5.02 Å². The number of carbonyl (C=O) groups is 2. The number of amides is 2. The molecule has 184 valence electrons. The number of nitrogens with one attached hydrogen (secondary N) is 1. The highest BCUT2D eigenvalue weighted by atomic mass is 35.5. The Labute approximate surface area is 218 Å². The molecule has 3 aromatic carbocycles. The summed E-state index contributed by atoms with van der Waals surface area (Å²) in [5.41, 5.74) is 2.40. The van der Waals surface area contributed by atoms with Crippen molar-refractivity contribution in [1.29, 1.82) is 0 Å². The van der Waals surface area contributed by atoms with Crippen molar-refractivity contribution in [2.75, 3.05) is 43.0 Å². The largest absolute Gasteiger partial charge is 0.482 e. The fourth-order valence-corrected chi connectivity index (χ4v) is 4.56. The maximum absolute atomic E-state index is 12.9. The zero-order valence-corrected chi connectivity index (χ0v) is 20.8. The van der Waals surface area contributed by atoms with Gasteiger partial charge in [-0.15, -0.1) is 0 Å². The van der Waals surface area contributed by atoms with Gasteiger partial charge in [-0.2, -0.15) is 0 Å². The molecule has 1 aliphatic rings. The SMILES string of the molecule is O=C(COc1ccc(Cl)cc1Cl)Nc1ccc(N2CCN(C(=O)c3cc4ccccc4o3)CC2)cc1. The third-order valence-electron chi connectivity index (χ3n) is 5.97. The molecule has 1 fully saturated rings. The van der Waals surface area contributed by atoms with Crippen LogP contribution in [0.25, 0.3) is 11.0 Å². The van der Waals surface area contributed by atoms with Gasteiger partial charge in [-0.3, -0.25) is 9.59 Å². The van der Waals surface area contributed by atoms with Crippen molar-refractivity contribution in [3.63, 3.8) is 0 Å². The van der Waals surface area contributed by atoms with E-state index in [1.807, 2.05) is 53.4 Å². The molecule has 7 nitrogen and oxygen atoms in total. The predicted molar refractivity (Wildman–Crippen MR) is 141 cm³/mol. The Morgan fingerprint density at radius 2 is 1.67 bits per heavy atom. The normalized spacial score (nSPS) is 13.6. The first-order valence-corrected chi connectivity index (χ1v) is 12.2. The first-order valence-electron chi connectivity index (χ1n) is 11.5. The van der Waals surface area contributed by atoms with E-state index in [4.69, 9.17) is 32.4 Å². The summed E-state index contributed by atoms with van der Waals surface area (Å²) in [5.74, 6) is 0.370. The molecule has 0 radical (unpaired) electrons. The molecule has 9 heteroatoms. The number of hydrogen-bond donors (Lipinski definition) is 1. The van der Waals surface area contributed by atoms with Crippen molar-refractivity contribution in [3.05, 3.63) is 88.6 Å². The van der Waals surface area contributed by atoms with Crippen LogP contribution in [0.4, 0.5) is 11.4 Å². The van der Waals surface area contributed by atoms with Gasteiger partial charge in [0.2, 0.25) is 0 Å². The molecule has 0 atom stereocenters. The third kappa shape index (κ3) is 5.42. The number of piperazine rings is 1. The Hall–Kier alpha value is -3.68. The van der Waals surface area contributed by atoms with Crippen LogP contribution in [0.1, 0.15) is 10.6 Å². The summed E-state index contributed by atoms with van der Waals surface area (Å²) < 4.78 is 11.2. The van der Waals surface area contributed by atoms with Gasteiger partial charge >= 0.3 is 0 Å². The van der Waals surface area contributed by atoms with Crippen LogP contribution >= 0.6 is 23.2 Å². The molecule has 4 aromatic rings. The summed E-state index contributed by atoms with van der Waals surface area (Å²) in [7, 11) is 0. The number of carbonyl (C=O) groups excluding carboxylic acids is 2. The van der Waals surface area contributed by atoms with Gasteiger partial charge in [-0.1, -0.05) is 41.4 Å². The number of nitrogens with zero attached hydrogens (tertiary/aromatic N) is 2. The highest BCUT2D eigenvalue weighted by Crippen LogP contribution is 2.27. The van der Waals surface area contributed by atoms with E-state index >= 15 is 0 Å². The first kappa shape index (κ1) is 24.0. The summed E-state index contributed by atoms with van der Waals surface area (Å²) in [6, 6.07) is 21.8. The molecule has 1 aliphatic heterocycles. The Morgan fingerprint density at radius 3 is 2.39 bits per heavy atom. The number of para-hydroxylation sites is 1. The van der Waals surface area contributed by atoms with E-state index in [1.54, 1.807) is 24.3 Å². The van der Waals surface area contributed by atoms with Crippen molar-refractivity contribution in [2.45, 2.75) is 0 Å². The minimum Gasteiger partial charge on any atom is -0.482 e. The van der Waals surface area contributed by atoms with Crippen molar-refractivity contribution in [2.24, 2.45) is 0 Å². The average molecular weight is 524 g/mol. The van der Waals surface area contributed by atoms with Gasteiger partial charge in [-0.25, -0.2) is 0 Å². The lowest BCUT2D eigenvalue weighted by Gasteiger charge is -2.35. The second kappa shape index (κ2) is 10.5. The van der Waals surface area contributed by atoms with E-state index in [0.717, 1.165) is 11.1 Å². The van der Waals surface area contributed by atoms with Gasteiger partial charge in [0.1, 0.15) is 11.3 Å². The van der Waals surface area contributed by atoms with Crippen molar-refractivity contribution >= 4 is 57.4 Å². The minimum atomic E-state index is -0.300. The lowest BCUT2D eigenvalue weighted by atomic mass is 10.2. The highest BCUT2D eigenvalue weighted by Gasteiger charge is 2.24. The van der Waals surface area contributed by atoms with Gasteiger partial charge in [0, 0.05) is 48.0 Å². The van der Waals surface area contributed by atoms with Crippen LogP contribution in [0.5, 0.6) is 5.75 Å². The molecule has 0 aliphatic carbocycles. The number of hydrogen-bond acceptors (Lipinski definition) is 5. The van der Waals surface area contributed by atoms with Gasteiger partial charge in [0.15, 0.2) is 12.4 Å². The third-order valence-corrected chi connectivity index (χ3v) is 6.50. The Bertz CT molecular complexity index is 1360. The molecular weight excluding hydrogens is 501 g/mol. The van der Waals surface area contributed by atoms with E-state index in [-0.39, 0.29) is 18.4 Å². The van der Waals surface area contributed by atoms with Crippen molar-refractivity contribution in [3.8, 4) is 5.75 Å². The monoisotopic (exact) mass is 523 g/mol. The van der Waals surface area contributed by atoms with Crippen LogP contribution in [-0.4, -0.2) is 49.5 Å². The number of anilines is 2. The van der Waals surface area contributed by atoms with Crippen molar-refractivity contribution in [1.82, 2.24) is 4.90 Å². The molecule has 2 amide bonds. The van der Waals surface area contributed by atoms with E-state index in [1.165, 1.54) is 0 Å². The van der Waals surface area contributed by atoms with E-state index in [2.05, 4.69) is 10.2 Å². The fourth-order valence-electron chi connectivity index (χ4n) is 4.10. The summed E-state index contributed by atoms with van der Waals surface area (Å²) >= 11 is 11.9. The number of furan rings is 1. The maximum Gasteiger partial charge on any atom is 0.289 e. The smallest absolute Gasteiger partial charge is 0.289 e. The average Bonchev–Trinajstić information content (AvgIpc) is 3.33. The Morgan fingerprint density at radius 1 is 0.917 bits per heavy atom. The number of benzene rings is 3. The minimum absolute atomic E-state index is 0.0917. The number of ether oxygens (including phenoxy) is 1. The van der Waals surface area contributed by atoms with Crippen molar-refractivity contribution < 1.29 is 18.7 Å². The molecule has 0 spiro atoms. The Balaban J connectivity index is 1.12. The molecule has 1 saturated heterocycles. The summed E-state index contributed by atoms with van der Waals surface area (Å²) in [6.45, 7) is 2.42. The van der Waals surface area contributed by atoms with Crippen LogP contribution < -0.4 is 15.0 Å². The molecule has 1 aromatic heterocycles. The predicted octanol–water partition coefficient (Wildman–Crippen LogP) is 5.72.